The molecule has 0 bridgehead atoms. The van der Waals surface area contributed by atoms with Crippen LogP contribution in [0.4, 0.5) is 0 Å². The summed E-state index contributed by atoms with van der Waals surface area (Å²) in [6, 6.07) is 0. The number of hydrogen-bond acceptors (Lipinski definition) is 3. The SMILES string of the molecule is CNCC(=O)NCCC1CCN(C)CC1. The Labute approximate surface area is 92.4 Å². The van der Waals surface area contributed by atoms with Crippen LogP contribution in [-0.4, -0.2) is 51.1 Å². The minimum Gasteiger partial charge on any atom is -0.355 e. The molecule has 0 aromatic rings. The minimum absolute atomic E-state index is 0.102. The smallest absolute Gasteiger partial charge is 0.233 e. The highest BCUT2D eigenvalue weighted by Gasteiger charge is 2.16. The van der Waals surface area contributed by atoms with Crippen molar-refractivity contribution in [2.24, 2.45) is 5.92 Å². The molecule has 1 aliphatic heterocycles. The van der Waals surface area contributed by atoms with Gasteiger partial charge in [-0.1, -0.05) is 0 Å². The average Bonchev–Trinajstić information content (AvgIpc) is 2.21. The van der Waals surface area contributed by atoms with Crippen LogP contribution in [0.15, 0.2) is 0 Å². The van der Waals surface area contributed by atoms with Crippen molar-refractivity contribution in [1.82, 2.24) is 15.5 Å². The summed E-state index contributed by atoms with van der Waals surface area (Å²) in [5.74, 6) is 0.904. The number of carbonyl (C=O) groups is 1. The van der Waals surface area contributed by atoms with Gasteiger partial charge in [0.2, 0.25) is 5.91 Å². The first kappa shape index (κ1) is 12.5. The van der Waals surface area contributed by atoms with Crippen LogP contribution < -0.4 is 10.6 Å². The molecule has 4 nitrogen and oxygen atoms in total. The first-order valence-electron chi connectivity index (χ1n) is 5.82. The molecule has 0 atom stereocenters. The third-order valence-corrected chi connectivity index (χ3v) is 3.05. The molecule has 1 saturated heterocycles. The third kappa shape index (κ3) is 5.14. The Bertz CT molecular complexity index is 188. The Balaban J connectivity index is 2.02. The molecule has 0 saturated carbocycles. The minimum atomic E-state index is 0.102. The molecule has 0 aromatic heterocycles. The van der Waals surface area contributed by atoms with Gasteiger partial charge in [0, 0.05) is 6.54 Å². The van der Waals surface area contributed by atoms with Crippen LogP contribution in [0.3, 0.4) is 0 Å². The third-order valence-electron chi connectivity index (χ3n) is 3.05. The number of likely N-dealkylation sites (tertiary alicyclic amines) is 1. The molecule has 15 heavy (non-hydrogen) atoms. The van der Waals surface area contributed by atoms with Gasteiger partial charge in [0.25, 0.3) is 0 Å². The summed E-state index contributed by atoms with van der Waals surface area (Å²) in [5, 5.41) is 5.77. The van der Waals surface area contributed by atoms with Crippen LogP contribution in [0.2, 0.25) is 0 Å². The van der Waals surface area contributed by atoms with Crippen molar-refractivity contribution in [2.75, 3.05) is 40.3 Å². The van der Waals surface area contributed by atoms with Gasteiger partial charge in [-0.2, -0.15) is 0 Å². The quantitative estimate of drug-likeness (QED) is 0.678. The van der Waals surface area contributed by atoms with E-state index in [4.69, 9.17) is 0 Å². The molecule has 2 N–H and O–H groups in total. The maximum Gasteiger partial charge on any atom is 0.233 e. The van der Waals surface area contributed by atoms with Crippen LogP contribution in [0, 0.1) is 5.92 Å². The maximum absolute atomic E-state index is 11.2. The van der Waals surface area contributed by atoms with Crippen LogP contribution in [0.5, 0.6) is 0 Å². The van der Waals surface area contributed by atoms with Gasteiger partial charge >= 0.3 is 0 Å². The molecule has 0 spiro atoms. The molecular formula is C11H23N3O. The van der Waals surface area contributed by atoms with Gasteiger partial charge in [-0.15, -0.1) is 0 Å². The molecule has 88 valence electrons. The lowest BCUT2D eigenvalue weighted by Crippen LogP contribution is -2.35. The Hall–Kier alpha value is -0.610. The predicted octanol–water partition coefficient (Wildman–Crippen LogP) is 0.0539. The lowest BCUT2D eigenvalue weighted by atomic mass is 9.94. The Morgan fingerprint density at radius 2 is 2.07 bits per heavy atom. The van der Waals surface area contributed by atoms with Crippen LogP contribution in [0.1, 0.15) is 19.3 Å². The number of nitrogens with one attached hydrogen (secondary N) is 2. The number of amides is 1. The van der Waals surface area contributed by atoms with Crippen LogP contribution >= 0.6 is 0 Å². The molecule has 0 aliphatic carbocycles. The van der Waals surface area contributed by atoms with Gasteiger partial charge in [0.05, 0.1) is 6.54 Å². The van der Waals surface area contributed by atoms with E-state index in [-0.39, 0.29) is 5.91 Å². The van der Waals surface area contributed by atoms with E-state index in [1.807, 2.05) is 0 Å². The monoisotopic (exact) mass is 213 g/mol. The van der Waals surface area contributed by atoms with E-state index in [1.165, 1.54) is 25.9 Å². The summed E-state index contributed by atoms with van der Waals surface area (Å²) in [4.78, 5) is 13.5. The Kier molecular flexibility index (Phi) is 5.65. The zero-order valence-electron chi connectivity index (χ0n) is 9.88. The molecule has 1 aliphatic rings. The largest absolute Gasteiger partial charge is 0.355 e. The van der Waals surface area contributed by atoms with Gasteiger partial charge in [0.15, 0.2) is 0 Å². The second-order valence-corrected chi connectivity index (χ2v) is 4.42. The van der Waals surface area contributed by atoms with Gasteiger partial charge in [-0.3, -0.25) is 4.79 Å². The number of rotatable bonds is 5. The topological polar surface area (TPSA) is 44.4 Å². The zero-order chi connectivity index (χ0) is 11.1. The number of likely N-dealkylation sites (N-methyl/N-ethyl adjacent to an activating group) is 1. The van der Waals surface area contributed by atoms with Crippen molar-refractivity contribution in [3.05, 3.63) is 0 Å². The average molecular weight is 213 g/mol. The summed E-state index contributed by atoms with van der Waals surface area (Å²) in [6.45, 7) is 3.66. The van der Waals surface area contributed by atoms with Gasteiger partial charge in [-0.05, 0) is 52.4 Å². The highest BCUT2D eigenvalue weighted by molar-refractivity contribution is 5.77. The lowest BCUT2D eigenvalue weighted by molar-refractivity contribution is -0.120. The molecule has 1 rings (SSSR count). The molecule has 1 fully saturated rings. The molecule has 4 heteroatoms. The number of carbonyl (C=O) groups excluding carboxylic acids is 1. The molecule has 0 aromatic carbocycles. The highest BCUT2D eigenvalue weighted by atomic mass is 16.1. The fourth-order valence-corrected chi connectivity index (χ4v) is 1.99. The second kappa shape index (κ2) is 6.80. The van der Waals surface area contributed by atoms with Crippen molar-refractivity contribution in [1.29, 1.82) is 0 Å². The van der Waals surface area contributed by atoms with E-state index in [1.54, 1.807) is 7.05 Å². The lowest BCUT2D eigenvalue weighted by Gasteiger charge is -2.28. The summed E-state index contributed by atoms with van der Waals surface area (Å²) in [5.41, 5.74) is 0. The van der Waals surface area contributed by atoms with Crippen molar-refractivity contribution in [3.8, 4) is 0 Å². The molecule has 1 heterocycles. The summed E-state index contributed by atoms with van der Waals surface area (Å²) >= 11 is 0. The van der Waals surface area contributed by atoms with Crippen molar-refractivity contribution < 1.29 is 4.79 Å². The first-order valence-corrected chi connectivity index (χ1v) is 5.82. The van der Waals surface area contributed by atoms with Crippen LogP contribution in [-0.2, 0) is 4.79 Å². The Morgan fingerprint density at radius 1 is 1.40 bits per heavy atom. The van der Waals surface area contributed by atoms with Crippen molar-refractivity contribution in [3.63, 3.8) is 0 Å². The van der Waals surface area contributed by atoms with E-state index in [9.17, 15) is 4.79 Å². The molecule has 0 radical (unpaired) electrons. The fraction of sp³-hybridized carbons (Fsp3) is 0.909. The zero-order valence-corrected chi connectivity index (χ0v) is 9.88. The van der Waals surface area contributed by atoms with E-state index >= 15 is 0 Å². The van der Waals surface area contributed by atoms with E-state index in [0.717, 1.165) is 18.9 Å². The summed E-state index contributed by atoms with van der Waals surface area (Å²) < 4.78 is 0. The molecule has 1 amide bonds. The predicted molar refractivity (Wildman–Crippen MR) is 61.8 cm³/mol. The molecular weight excluding hydrogens is 190 g/mol. The second-order valence-electron chi connectivity index (χ2n) is 4.42. The van der Waals surface area contributed by atoms with Crippen molar-refractivity contribution in [2.45, 2.75) is 19.3 Å². The standard InChI is InChI=1S/C11H23N3O/c1-12-9-11(15)13-6-3-10-4-7-14(2)8-5-10/h10,12H,3-9H2,1-2H3,(H,13,15). The highest BCUT2D eigenvalue weighted by Crippen LogP contribution is 2.18. The van der Waals surface area contributed by atoms with Gasteiger partial charge in [0.1, 0.15) is 0 Å². The fourth-order valence-electron chi connectivity index (χ4n) is 1.99. The molecule has 0 unspecified atom stereocenters. The van der Waals surface area contributed by atoms with E-state index in [0.29, 0.717) is 6.54 Å². The maximum atomic E-state index is 11.2. The summed E-state index contributed by atoms with van der Waals surface area (Å²) in [7, 11) is 3.96. The number of nitrogens with zero attached hydrogens (tertiary/aromatic N) is 1. The first-order chi connectivity index (χ1) is 7.22. The number of hydrogen-bond donors (Lipinski definition) is 2. The normalized spacial score (nSPS) is 19.1. The van der Waals surface area contributed by atoms with Gasteiger partial charge in [-0.25, -0.2) is 0 Å². The van der Waals surface area contributed by atoms with E-state index < -0.39 is 0 Å². The Morgan fingerprint density at radius 3 is 2.67 bits per heavy atom. The van der Waals surface area contributed by atoms with Crippen molar-refractivity contribution >= 4 is 5.91 Å². The van der Waals surface area contributed by atoms with Gasteiger partial charge < -0.3 is 15.5 Å². The number of piperidine rings is 1. The van der Waals surface area contributed by atoms with E-state index in [2.05, 4.69) is 22.6 Å². The van der Waals surface area contributed by atoms with Crippen LogP contribution in [0.25, 0.3) is 0 Å². The summed E-state index contributed by atoms with van der Waals surface area (Å²) in [6.07, 6.45) is 3.68.